The highest BCUT2D eigenvalue weighted by atomic mass is 32.1. The molecule has 3 rings (SSSR count). The van der Waals surface area contributed by atoms with Crippen molar-refractivity contribution in [2.75, 3.05) is 27.9 Å². The number of ether oxygens (including phenoxy) is 5. The topological polar surface area (TPSA) is 76.1 Å². The molecule has 0 radical (unpaired) electrons. The minimum absolute atomic E-state index is 0.101. The number of benzene rings is 2. The number of rotatable bonds is 10. The molecule has 0 fully saturated rings. The normalized spacial score (nSPS) is 10.4. The lowest BCUT2D eigenvalue weighted by Crippen LogP contribution is -2.10. The second-order valence-corrected chi connectivity index (χ2v) is 6.98. The van der Waals surface area contributed by atoms with Gasteiger partial charge in [-0.15, -0.1) is 11.3 Å². The Morgan fingerprint density at radius 1 is 0.967 bits per heavy atom. The maximum Gasteiger partial charge on any atom is 0.309 e. The largest absolute Gasteiger partial charge is 0.497 e. The van der Waals surface area contributed by atoms with Crippen molar-refractivity contribution in [3.8, 4) is 33.6 Å². The molecule has 8 heteroatoms. The zero-order valence-corrected chi connectivity index (χ0v) is 17.9. The number of carbonyl (C=O) groups excluding carboxylic acids is 1. The summed E-state index contributed by atoms with van der Waals surface area (Å²) in [4.78, 5) is 16.5. The molecule has 0 unspecified atom stereocenters. The van der Waals surface area contributed by atoms with Gasteiger partial charge in [-0.05, 0) is 36.4 Å². The lowest BCUT2D eigenvalue weighted by molar-refractivity contribution is -0.145. The summed E-state index contributed by atoms with van der Waals surface area (Å²) in [5.74, 6) is 2.32. The number of aromatic nitrogens is 1. The van der Waals surface area contributed by atoms with Gasteiger partial charge in [-0.25, -0.2) is 4.98 Å². The summed E-state index contributed by atoms with van der Waals surface area (Å²) in [6.07, 6.45) is 0.146. The molecule has 0 atom stereocenters. The fourth-order valence-corrected chi connectivity index (χ4v) is 3.53. The Labute approximate surface area is 179 Å². The van der Waals surface area contributed by atoms with Gasteiger partial charge in [0.2, 0.25) is 0 Å². The van der Waals surface area contributed by atoms with Crippen LogP contribution >= 0.6 is 11.3 Å². The van der Waals surface area contributed by atoms with Crippen LogP contribution in [0.4, 0.5) is 0 Å². The van der Waals surface area contributed by atoms with E-state index in [0.29, 0.717) is 22.9 Å². The highest BCUT2D eigenvalue weighted by Crippen LogP contribution is 2.39. The first-order chi connectivity index (χ1) is 14.6. The molecule has 0 N–H and O–H groups in total. The highest BCUT2D eigenvalue weighted by Gasteiger charge is 2.15. The molecule has 1 aromatic heterocycles. The number of hydrogen-bond acceptors (Lipinski definition) is 8. The van der Waals surface area contributed by atoms with Gasteiger partial charge < -0.3 is 23.7 Å². The Morgan fingerprint density at radius 3 is 2.43 bits per heavy atom. The predicted octanol–water partition coefficient (Wildman–Crippen LogP) is 4.35. The van der Waals surface area contributed by atoms with Crippen LogP contribution in [-0.2, 0) is 16.1 Å². The van der Waals surface area contributed by atoms with Crippen molar-refractivity contribution in [2.45, 2.75) is 13.0 Å². The zero-order chi connectivity index (χ0) is 21.3. The standard InChI is InChI=1S/C22H23NO6S/c1-25-16-7-9-17(10-8-16)28-12-11-20(24)29-13-15-14-30-22(23-15)18-5-4-6-19(26-2)21(18)27-3/h4-10,14H,11-13H2,1-3H3. The van der Waals surface area contributed by atoms with E-state index in [2.05, 4.69) is 4.98 Å². The van der Waals surface area contributed by atoms with Gasteiger partial charge in [0.1, 0.15) is 23.1 Å². The summed E-state index contributed by atoms with van der Waals surface area (Å²) < 4.78 is 26.7. The SMILES string of the molecule is COc1ccc(OCCC(=O)OCc2csc(-c3cccc(OC)c3OC)n2)cc1. The summed E-state index contributed by atoms with van der Waals surface area (Å²) in [5, 5.41) is 2.62. The van der Waals surface area contributed by atoms with E-state index in [1.165, 1.54) is 11.3 Å². The Balaban J connectivity index is 1.50. The van der Waals surface area contributed by atoms with Crippen molar-refractivity contribution in [1.29, 1.82) is 0 Å². The van der Waals surface area contributed by atoms with Crippen LogP contribution in [0, 0.1) is 0 Å². The molecule has 0 saturated heterocycles. The molecule has 0 spiro atoms. The van der Waals surface area contributed by atoms with Crippen LogP contribution in [0.2, 0.25) is 0 Å². The third-order valence-electron chi connectivity index (χ3n) is 4.20. The Hall–Kier alpha value is -3.26. The first-order valence-electron chi connectivity index (χ1n) is 9.23. The van der Waals surface area contributed by atoms with E-state index in [0.717, 1.165) is 16.3 Å². The van der Waals surface area contributed by atoms with E-state index in [-0.39, 0.29) is 25.6 Å². The van der Waals surface area contributed by atoms with Crippen LogP contribution in [0.25, 0.3) is 10.6 Å². The van der Waals surface area contributed by atoms with E-state index in [1.807, 2.05) is 23.6 Å². The fraction of sp³-hybridized carbons (Fsp3) is 0.273. The van der Waals surface area contributed by atoms with Crippen molar-refractivity contribution in [3.05, 3.63) is 53.5 Å². The molecule has 0 saturated carbocycles. The number of thiazole rings is 1. The van der Waals surface area contributed by atoms with Gasteiger partial charge in [-0.2, -0.15) is 0 Å². The van der Waals surface area contributed by atoms with Crippen molar-refractivity contribution in [2.24, 2.45) is 0 Å². The summed E-state index contributed by atoms with van der Waals surface area (Å²) in [6, 6.07) is 12.8. The first kappa shape index (κ1) is 21.4. The van der Waals surface area contributed by atoms with E-state index in [4.69, 9.17) is 23.7 Å². The average molecular weight is 429 g/mol. The Kier molecular flexibility index (Phi) is 7.51. The van der Waals surface area contributed by atoms with Crippen LogP contribution in [0.1, 0.15) is 12.1 Å². The molecule has 2 aromatic carbocycles. The number of nitrogens with zero attached hydrogens (tertiary/aromatic N) is 1. The molecule has 0 aliphatic carbocycles. The van der Waals surface area contributed by atoms with Crippen molar-refractivity contribution >= 4 is 17.3 Å². The molecule has 30 heavy (non-hydrogen) atoms. The Bertz CT molecular complexity index is 970. The number of para-hydroxylation sites is 1. The van der Waals surface area contributed by atoms with Gasteiger partial charge in [-0.3, -0.25) is 4.79 Å². The maximum atomic E-state index is 12.0. The van der Waals surface area contributed by atoms with E-state index >= 15 is 0 Å². The minimum Gasteiger partial charge on any atom is -0.497 e. The fourth-order valence-electron chi connectivity index (χ4n) is 2.70. The molecule has 0 aliphatic rings. The van der Waals surface area contributed by atoms with Gasteiger partial charge in [-0.1, -0.05) is 6.07 Å². The molecule has 158 valence electrons. The van der Waals surface area contributed by atoms with Crippen LogP contribution in [-0.4, -0.2) is 38.9 Å². The van der Waals surface area contributed by atoms with Crippen molar-refractivity contribution in [3.63, 3.8) is 0 Å². The van der Waals surface area contributed by atoms with Crippen LogP contribution in [0.15, 0.2) is 47.8 Å². The van der Waals surface area contributed by atoms with Crippen LogP contribution in [0.3, 0.4) is 0 Å². The second kappa shape index (κ2) is 10.5. The Morgan fingerprint density at radius 2 is 1.73 bits per heavy atom. The van der Waals surface area contributed by atoms with Crippen LogP contribution < -0.4 is 18.9 Å². The lowest BCUT2D eigenvalue weighted by atomic mass is 10.2. The third-order valence-corrected chi connectivity index (χ3v) is 5.12. The van der Waals surface area contributed by atoms with E-state index in [9.17, 15) is 4.79 Å². The molecular weight excluding hydrogens is 406 g/mol. The quantitative estimate of drug-likeness (QED) is 0.444. The molecule has 0 amide bonds. The second-order valence-electron chi connectivity index (χ2n) is 6.12. The zero-order valence-electron chi connectivity index (χ0n) is 17.0. The van der Waals surface area contributed by atoms with E-state index < -0.39 is 0 Å². The van der Waals surface area contributed by atoms with Crippen LogP contribution in [0.5, 0.6) is 23.0 Å². The third kappa shape index (κ3) is 5.42. The molecule has 3 aromatic rings. The number of hydrogen-bond donors (Lipinski definition) is 0. The van der Waals surface area contributed by atoms with E-state index in [1.54, 1.807) is 45.6 Å². The summed E-state index contributed by atoms with van der Waals surface area (Å²) in [5.41, 5.74) is 1.50. The minimum atomic E-state index is -0.350. The summed E-state index contributed by atoms with van der Waals surface area (Å²) in [6.45, 7) is 0.332. The molecule has 0 aliphatic heterocycles. The first-order valence-corrected chi connectivity index (χ1v) is 10.1. The average Bonchev–Trinajstić information content (AvgIpc) is 3.26. The van der Waals surface area contributed by atoms with Gasteiger partial charge in [0.25, 0.3) is 0 Å². The van der Waals surface area contributed by atoms with Crippen molar-refractivity contribution < 1.29 is 28.5 Å². The number of methoxy groups -OCH3 is 3. The summed E-state index contributed by atoms with van der Waals surface area (Å²) >= 11 is 1.45. The van der Waals surface area contributed by atoms with Gasteiger partial charge in [0.15, 0.2) is 11.5 Å². The monoisotopic (exact) mass is 429 g/mol. The van der Waals surface area contributed by atoms with Crippen molar-refractivity contribution in [1.82, 2.24) is 4.98 Å². The number of esters is 1. The molecule has 0 bridgehead atoms. The predicted molar refractivity (Wildman–Crippen MR) is 114 cm³/mol. The number of carbonyl (C=O) groups is 1. The van der Waals surface area contributed by atoms with Gasteiger partial charge in [0, 0.05) is 5.38 Å². The maximum absolute atomic E-state index is 12.0. The smallest absolute Gasteiger partial charge is 0.309 e. The lowest BCUT2D eigenvalue weighted by Gasteiger charge is -2.10. The van der Waals surface area contributed by atoms with Gasteiger partial charge in [0.05, 0.1) is 45.6 Å². The molecule has 1 heterocycles. The van der Waals surface area contributed by atoms with Gasteiger partial charge >= 0.3 is 5.97 Å². The summed E-state index contributed by atoms with van der Waals surface area (Å²) in [7, 11) is 4.78. The molecular formula is C22H23NO6S. The molecule has 7 nitrogen and oxygen atoms in total. The highest BCUT2D eigenvalue weighted by molar-refractivity contribution is 7.13.